The number of nitrogens with zero attached hydrogens (tertiary/aromatic N) is 2. The summed E-state index contributed by atoms with van der Waals surface area (Å²) in [6.45, 7) is 3.91. The van der Waals surface area contributed by atoms with Gasteiger partial charge in [0.15, 0.2) is 0 Å². The van der Waals surface area contributed by atoms with Crippen LogP contribution in [-0.4, -0.2) is 18.9 Å². The topological polar surface area (TPSA) is 74.2 Å². The van der Waals surface area contributed by atoms with Gasteiger partial charge in [0.25, 0.3) is 0 Å². The number of benzene rings is 1. The van der Waals surface area contributed by atoms with Crippen LogP contribution >= 0.6 is 11.3 Å². The number of nitrogens with one attached hydrogen (secondary N) is 1. The molecule has 4 nitrogen and oxygen atoms in total. The van der Waals surface area contributed by atoms with Crippen molar-refractivity contribution in [2.75, 3.05) is 13.1 Å². The lowest BCUT2D eigenvalue weighted by molar-refractivity contribution is 0.515. The van der Waals surface area contributed by atoms with Gasteiger partial charge in [0, 0.05) is 24.4 Å². The number of nitrogens with two attached hydrogens (primary N) is 1. The number of amidine groups is 1. The summed E-state index contributed by atoms with van der Waals surface area (Å²) in [5, 5.41) is 14.5. The first kappa shape index (κ1) is 15.7. The van der Waals surface area contributed by atoms with E-state index in [2.05, 4.69) is 27.8 Å². The van der Waals surface area contributed by atoms with Crippen LogP contribution < -0.4 is 11.1 Å². The Morgan fingerprint density at radius 3 is 3.00 bits per heavy atom. The lowest BCUT2D eigenvalue weighted by Crippen LogP contribution is -2.40. The summed E-state index contributed by atoms with van der Waals surface area (Å²) in [5.41, 5.74) is 8.94. The predicted octanol–water partition coefficient (Wildman–Crippen LogP) is 3.24. The van der Waals surface area contributed by atoms with Crippen molar-refractivity contribution in [3.63, 3.8) is 0 Å². The Balaban J connectivity index is 1.82. The molecule has 1 unspecified atom stereocenters. The fourth-order valence-electron chi connectivity index (χ4n) is 2.69. The quantitative estimate of drug-likeness (QED) is 0.906. The van der Waals surface area contributed by atoms with E-state index in [9.17, 15) is 0 Å². The Bertz CT molecular complexity index is 767. The monoisotopic (exact) mass is 324 g/mol. The highest BCUT2D eigenvalue weighted by Crippen LogP contribution is 2.33. The van der Waals surface area contributed by atoms with Crippen molar-refractivity contribution in [1.82, 2.24) is 5.32 Å². The molecule has 5 heteroatoms. The third-order valence-corrected chi connectivity index (χ3v) is 5.20. The first-order valence-corrected chi connectivity index (χ1v) is 8.62. The van der Waals surface area contributed by atoms with E-state index in [1.54, 1.807) is 11.3 Å². The second kappa shape index (κ2) is 6.53. The average molecular weight is 324 g/mol. The van der Waals surface area contributed by atoms with Crippen molar-refractivity contribution in [3.8, 4) is 17.2 Å². The summed E-state index contributed by atoms with van der Waals surface area (Å²) in [4.78, 5) is 5.65. The second-order valence-corrected chi connectivity index (χ2v) is 7.01. The third-order valence-electron chi connectivity index (χ3n) is 3.99. The van der Waals surface area contributed by atoms with E-state index < -0.39 is 5.54 Å². The summed E-state index contributed by atoms with van der Waals surface area (Å²) in [5.74, 6) is 1.00. The van der Waals surface area contributed by atoms with Crippen LogP contribution in [0.25, 0.3) is 11.1 Å². The molecule has 2 heterocycles. The molecule has 118 valence electrons. The lowest BCUT2D eigenvalue weighted by atomic mass is 9.94. The van der Waals surface area contributed by atoms with Gasteiger partial charge in [-0.25, -0.2) is 0 Å². The maximum atomic E-state index is 9.04. The number of aliphatic imine (C=N–C) groups is 1. The minimum absolute atomic E-state index is 0.446. The minimum Gasteiger partial charge on any atom is -0.374 e. The van der Waals surface area contributed by atoms with E-state index in [1.807, 2.05) is 31.2 Å². The predicted molar refractivity (Wildman–Crippen MR) is 95.5 cm³/mol. The molecule has 1 aliphatic rings. The summed E-state index contributed by atoms with van der Waals surface area (Å²) >= 11 is 1.66. The van der Waals surface area contributed by atoms with Crippen molar-refractivity contribution >= 4 is 17.2 Å². The van der Waals surface area contributed by atoms with Crippen LogP contribution in [0.15, 0.2) is 40.7 Å². The maximum Gasteiger partial charge on any atom is 0.0991 e. The third kappa shape index (κ3) is 3.61. The molecule has 1 aromatic heterocycles. The summed E-state index contributed by atoms with van der Waals surface area (Å²) < 4.78 is 0. The molecule has 0 spiro atoms. The molecular weight excluding hydrogens is 304 g/mol. The van der Waals surface area contributed by atoms with E-state index in [0.29, 0.717) is 12.0 Å². The van der Waals surface area contributed by atoms with Crippen molar-refractivity contribution in [1.29, 1.82) is 5.26 Å². The number of rotatable bonds is 4. The van der Waals surface area contributed by atoms with Gasteiger partial charge in [-0.3, -0.25) is 4.99 Å². The highest BCUT2D eigenvalue weighted by atomic mass is 32.1. The zero-order valence-electron chi connectivity index (χ0n) is 13.2. The van der Waals surface area contributed by atoms with E-state index in [-0.39, 0.29) is 0 Å². The van der Waals surface area contributed by atoms with Gasteiger partial charge < -0.3 is 11.1 Å². The van der Waals surface area contributed by atoms with Crippen LogP contribution in [0.4, 0.5) is 0 Å². The Hall–Kier alpha value is -2.16. The molecule has 0 aliphatic carbocycles. The van der Waals surface area contributed by atoms with Gasteiger partial charge >= 0.3 is 0 Å². The van der Waals surface area contributed by atoms with E-state index in [1.165, 1.54) is 0 Å². The van der Waals surface area contributed by atoms with Gasteiger partial charge in [-0.15, -0.1) is 11.3 Å². The molecule has 1 atom stereocenters. The zero-order valence-corrected chi connectivity index (χ0v) is 14.0. The first-order valence-electron chi connectivity index (χ1n) is 7.74. The molecule has 1 aliphatic heterocycles. The van der Waals surface area contributed by atoms with Gasteiger partial charge in [-0.2, -0.15) is 5.26 Å². The standard InChI is InChI=1S/C18H20N4S/c1-18(20,10-17-21-6-3-7-22-17)16-9-15(12-23-16)14-5-2-4-13(8-14)11-19/h2,4-5,8-9,12H,3,6-7,10,20H2,1H3,(H,21,22). The number of hydrogen-bond donors (Lipinski definition) is 2. The molecular formula is C18H20N4S. The van der Waals surface area contributed by atoms with Gasteiger partial charge in [-0.1, -0.05) is 12.1 Å². The lowest BCUT2D eigenvalue weighted by Gasteiger charge is -2.26. The van der Waals surface area contributed by atoms with E-state index in [4.69, 9.17) is 11.0 Å². The molecule has 0 radical (unpaired) electrons. The molecule has 3 N–H and O–H groups in total. The first-order chi connectivity index (χ1) is 11.1. The normalized spacial score (nSPS) is 16.8. The molecule has 2 aromatic rings. The largest absolute Gasteiger partial charge is 0.374 e. The Kier molecular flexibility index (Phi) is 4.46. The average Bonchev–Trinajstić information content (AvgIpc) is 3.06. The Morgan fingerprint density at radius 2 is 2.26 bits per heavy atom. The molecule has 0 amide bonds. The van der Waals surface area contributed by atoms with Crippen molar-refractivity contribution < 1.29 is 0 Å². The summed E-state index contributed by atoms with van der Waals surface area (Å²) in [6.07, 6.45) is 1.80. The van der Waals surface area contributed by atoms with Crippen LogP contribution in [0.2, 0.25) is 0 Å². The molecule has 23 heavy (non-hydrogen) atoms. The number of hydrogen-bond acceptors (Lipinski definition) is 5. The van der Waals surface area contributed by atoms with Crippen molar-refractivity contribution in [2.24, 2.45) is 10.7 Å². The molecule has 1 aromatic carbocycles. The van der Waals surface area contributed by atoms with Crippen LogP contribution in [0.3, 0.4) is 0 Å². The van der Waals surface area contributed by atoms with E-state index in [0.717, 1.165) is 41.4 Å². The summed E-state index contributed by atoms with van der Waals surface area (Å²) in [6, 6.07) is 12.0. The second-order valence-electron chi connectivity index (χ2n) is 6.10. The molecule has 0 saturated heterocycles. The highest BCUT2D eigenvalue weighted by molar-refractivity contribution is 7.10. The minimum atomic E-state index is -0.446. The maximum absolute atomic E-state index is 9.04. The van der Waals surface area contributed by atoms with Crippen molar-refractivity contribution in [2.45, 2.75) is 25.3 Å². The smallest absolute Gasteiger partial charge is 0.0991 e. The van der Waals surface area contributed by atoms with Crippen molar-refractivity contribution in [3.05, 3.63) is 46.2 Å². The number of nitriles is 1. The van der Waals surface area contributed by atoms with Gasteiger partial charge in [0.1, 0.15) is 0 Å². The molecule has 3 rings (SSSR count). The molecule has 0 bridgehead atoms. The van der Waals surface area contributed by atoms with Crippen LogP contribution in [0, 0.1) is 11.3 Å². The fourth-order valence-corrected chi connectivity index (χ4v) is 3.68. The van der Waals surface area contributed by atoms with Gasteiger partial charge in [-0.05, 0) is 48.1 Å². The van der Waals surface area contributed by atoms with Crippen LogP contribution in [0.1, 0.15) is 30.2 Å². The molecule has 0 saturated carbocycles. The molecule has 0 fully saturated rings. The zero-order chi connectivity index (χ0) is 16.3. The Labute approximate surface area is 140 Å². The number of thiophene rings is 1. The van der Waals surface area contributed by atoms with Crippen LogP contribution in [-0.2, 0) is 5.54 Å². The fraction of sp³-hybridized carbons (Fsp3) is 0.333. The van der Waals surface area contributed by atoms with E-state index >= 15 is 0 Å². The van der Waals surface area contributed by atoms with Crippen LogP contribution in [0.5, 0.6) is 0 Å². The van der Waals surface area contributed by atoms with Gasteiger partial charge in [0.05, 0.1) is 23.0 Å². The summed E-state index contributed by atoms with van der Waals surface area (Å²) in [7, 11) is 0. The Morgan fingerprint density at radius 1 is 1.39 bits per heavy atom. The SMILES string of the molecule is CC(N)(CC1=NCCCN1)c1cc(-c2cccc(C#N)c2)cs1. The van der Waals surface area contributed by atoms with Gasteiger partial charge in [0.2, 0.25) is 0 Å². The highest BCUT2D eigenvalue weighted by Gasteiger charge is 2.26.